The summed E-state index contributed by atoms with van der Waals surface area (Å²) < 4.78 is 0. The molecule has 122 valence electrons. The summed E-state index contributed by atoms with van der Waals surface area (Å²) in [5, 5.41) is 9.04. The molecule has 5 heteroatoms. The lowest BCUT2D eigenvalue weighted by molar-refractivity contribution is 0.0919. The maximum atomic E-state index is 12.3. The summed E-state index contributed by atoms with van der Waals surface area (Å²) in [5.74, 6) is 0.404. The molecule has 1 aromatic carbocycles. The number of hydrogen-bond donors (Lipinski definition) is 2. The van der Waals surface area contributed by atoms with Gasteiger partial charge < -0.3 is 5.32 Å². The average Bonchev–Trinajstić information content (AvgIpc) is 2.53. The Morgan fingerprint density at radius 1 is 1.00 bits per heavy atom. The summed E-state index contributed by atoms with van der Waals surface area (Å²) in [4.78, 5) is 23.4. The summed E-state index contributed by atoms with van der Waals surface area (Å²) in [7, 11) is 0. The van der Waals surface area contributed by atoms with Crippen LogP contribution in [0.1, 0.15) is 61.3 Å². The zero-order chi connectivity index (χ0) is 17.0. The van der Waals surface area contributed by atoms with Gasteiger partial charge in [-0.25, -0.2) is 5.10 Å². The molecule has 5 nitrogen and oxygen atoms in total. The second-order valence-corrected chi connectivity index (χ2v) is 6.32. The second kappa shape index (κ2) is 7.22. The number of amides is 1. The molecule has 0 bridgehead atoms. The molecule has 0 fully saturated rings. The maximum absolute atomic E-state index is 12.3. The molecule has 0 aliphatic carbocycles. The zero-order valence-corrected chi connectivity index (χ0v) is 14.0. The van der Waals surface area contributed by atoms with E-state index >= 15 is 0 Å². The van der Waals surface area contributed by atoms with Crippen molar-refractivity contribution >= 4 is 5.91 Å². The van der Waals surface area contributed by atoms with Gasteiger partial charge in [0.2, 0.25) is 0 Å². The number of rotatable bonds is 5. The number of H-pyrrole nitrogens is 1. The fourth-order valence-electron chi connectivity index (χ4n) is 2.41. The van der Waals surface area contributed by atoms with Crippen molar-refractivity contribution < 1.29 is 4.79 Å². The lowest BCUT2D eigenvalue weighted by Crippen LogP contribution is -2.32. The highest BCUT2D eigenvalue weighted by Gasteiger charge is 2.20. The van der Waals surface area contributed by atoms with Gasteiger partial charge in [-0.05, 0) is 29.0 Å². The summed E-state index contributed by atoms with van der Waals surface area (Å²) in [6.07, 6.45) is 0. The van der Waals surface area contributed by atoms with Crippen LogP contribution in [-0.2, 0) is 0 Å². The number of hydrogen-bond acceptors (Lipinski definition) is 3. The second-order valence-electron chi connectivity index (χ2n) is 6.32. The van der Waals surface area contributed by atoms with Gasteiger partial charge in [0.1, 0.15) is 5.69 Å². The topological polar surface area (TPSA) is 74.8 Å². The highest BCUT2D eigenvalue weighted by molar-refractivity contribution is 5.92. The van der Waals surface area contributed by atoms with Crippen molar-refractivity contribution in [2.24, 2.45) is 5.92 Å². The van der Waals surface area contributed by atoms with E-state index in [-0.39, 0.29) is 29.1 Å². The van der Waals surface area contributed by atoms with Gasteiger partial charge in [0.25, 0.3) is 11.5 Å². The van der Waals surface area contributed by atoms with Gasteiger partial charge in [-0.2, -0.15) is 5.10 Å². The van der Waals surface area contributed by atoms with E-state index in [2.05, 4.69) is 67.5 Å². The molecular formula is C18H23N3O2. The molecule has 1 heterocycles. The molecular weight excluding hydrogens is 290 g/mol. The van der Waals surface area contributed by atoms with E-state index in [0.29, 0.717) is 5.92 Å². The van der Waals surface area contributed by atoms with E-state index < -0.39 is 0 Å². The van der Waals surface area contributed by atoms with E-state index in [0.717, 1.165) is 5.56 Å². The number of carbonyl (C=O) groups excluding carboxylic acids is 1. The van der Waals surface area contributed by atoms with Crippen LogP contribution >= 0.6 is 0 Å². The standard InChI is InChI=1S/C18H23N3O2/c1-11(2)13-5-7-14(8-6-13)17(12(3)4)19-18(23)15-9-10-16(22)21-20-15/h5-12,17H,1-4H3,(H,19,23)(H,21,22). The summed E-state index contributed by atoms with van der Waals surface area (Å²) in [5.41, 5.74) is 2.20. The molecule has 1 atom stereocenters. The molecule has 1 amide bonds. The smallest absolute Gasteiger partial charge is 0.272 e. The maximum Gasteiger partial charge on any atom is 0.272 e. The van der Waals surface area contributed by atoms with Crippen molar-refractivity contribution in [2.45, 2.75) is 39.7 Å². The van der Waals surface area contributed by atoms with Gasteiger partial charge in [0, 0.05) is 6.07 Å². The summed E-state index contributed by atoms with van der Waals surface area (Å²) in [6.45, 7) is 8.42. The summed E-state index contributed by atoms with van der Waals surface area (Å²) in [6, 6.07) is 10.9. The SMILES string of the molecule is CC(C)c1ccc(C(NC(=O)c2ccc(=O)[nH]n2)C(C)C)cc1. The van der Waals surface area contributed by atoms with Crippen molar-refractivity contribution in [1.82, 2.24) is 15.5 Å². The summed E-state index contributed by atoms with van der Waals surface area (Å²) >= 11 is 0. The Bertz CT molecular complexity index is 697. The Morgan fingerprint density at radius 3 is 2.09 bits per heavy atom. The lowest BCUT2D eigenvalue weighted by Gasteiger charge is -2.23. The number of nitrogens with one attached hydrogen (secondary N) is 2. The first kappa shape index (κ1) is 16.9. The van der Waals surface area contributed by atoms with E-state index in [1.54, 1.807) is 0 Å². The van der Waals surface area contributed by atoms with Crippen molar-refractivity contribution in [3.63, 3.8) is 0 Å². The fraction of sp³-hybridized carbons (Fsp3) is 0.389. The highest BCUT2D eigenvalue weighted by Crippen LogP contribution is 2.24. The Morgan fingerprint density at radius 2 is 1.61 bits per heavy atom. The van der Waals surface area contributed by atoms with Gasteiger partial charge >= 0.3 is 0 Å². The zero-order valence-electron chi connectivity index (χ0n) is 14.0. The van der Waals surface area contributed by atoms with Gasteiger partial charge in [-0.1, -0.05) is 52.0 Å². The van der Waals surface area contributed by atoms with Crippen molar-refractivity contribution in [2.75, 3.05) is 0 Å². The van der Waals surface area contributed by atoms with Crippen molar-refractivity contribution in [3.05, 3.63) is 63.6 Å². The van der Waals surface area contributed by atoms with E-state index in [4.69, 9.17) is 0 Å². The minimum absolute atomic E-state index is 0.113. The number of aromatic amines is 1. The molecule has 0 saturated heterocycles. The van der Waals surface area contributed by atoms with Crippen LogP contribution in [0.2, 0.25) is 0 Å². The Kier molecular flexibility index (Phi) is 5.32. The first-order valence-electron chi connectivity index (χ1n) is 7.85. The molecule has 0 aliphatic heterocycles. The third-order valence-electron chi connectivity index (χ3n) is 3.83. The predicted octanol–water partition coefficient (Wildman–Crippen LogP) is 3.02. The highest BCUT2D eigenvalue weighted by atomic mass is 16.2. The van der Waals surface area contributed by atoms with Crippen LogP contribution in [0, 0.1) is 5.92 Å². The number of aromatic nitrogens is 2. The number of benzene rings is 1. The molecule has 0 spiro atoms. The minimum Gasteiger partial charge on any atom is -0.344 e. The molecule has 2 rings (SSSR count). The monoisotopic (exact) mass is 313 g/mol. The molecule has 2 aromatic rings. The van der Waals surface area contributed by atoms with E-state index in [1.807, 2.05) is 0 Å². The Balaban J connectivity index is 2.19. The molecule has 1 unspecified atom stereocenters. The third kappa shape index (κ3) is 4.28. The lowest BCUT2D eigenvalue weighted by atomic mass is 9.93. The van der Waals surface area contributed by atoms with Crippen molar-refractivity contribution in [3.8, 4) is 0 Å². The largest absolute Gasteiger partial charge is 0.344 e. The van der Waals surface area contributed by atoms with Crippen LogP contribution in [0.25, 0.3) is 0 Å². The molecule has 0 aliphatic rings. The first-order valence-corrected chi connectivity index (χ1v) is 7.85. The van der Waals surface area contributed by atoms with Gasteiger partial charge in [0.05, 0.1) is 6.04 Å². The molecule has 1 aromatic heterocycles. The normalized spacial score (nSPS) is 12.4. The Hall–Kier alpha value is -2.43. The van der Waals surface area contributed by atoms with E-state index in [9.17, 15) is 9.59 Å². The quantitative estimate of drug-likeness (QED) is 0.891. The predicted molar refractivity (Wildman–Crippen MR) is 90.4 cm³/mol. The van der Waals surface area contributed by atoms with Crippen LogP contribution < -0.4 is 10.9 Å². The molecule has 23 heavy (non-hydrogen) atoms. The van der Waals surface area contributed by atoms with Crippen LogP contribution in [0.15, 0.2) is 41.2 Å². The molecule has 2 N–H and O–H groups in total. The van der Waals surface area contributed by atoms with Crippen LogP contribution in [0.3, 0.4) is 0 Å². The van der Waals surface area contributed by atoms with Gasteiger partial charge in [-0.15, -0.1) is 0 Å². The van der Waals surface area contributed by atoms with Crippen LogP contribution in [0.5, 0.6) is 0 Å². The van der Waals surface area contributed by atoms with Crippen LogP contribution in [-0.4, -0.2) is 16.1 Å². The van der Waals surface area contributed by atoms with Crippen molar-refractivity contribution in [1.29, 1.82) is 0 Å². The fourth-order valence-corrected chi connectivity index (χ4v) is 2.41. The number of carbonyl (C=O) groups is 1. The van der Waals surface area contributed by atoms with E-state index in [1.165, 1.54) is 17.7 Å². The minimum atomic E-state index is -0.328. The van der Waals surface area contributed by atoms with Gasteiger partial charge in [0.15, 0.2) is 0 Å². The Labute approximate surface area is 136 Å². The average molecular weight is 313 g/mol. The van der Waals surface area contributed by atoms with Crippen LogP contribution in [0.4, 0.5) is 0 Å². The number of nitrogens with zero attached hydrogens (tertiary/aromatic N) is 1. The molecule has 0 saturated carbocycles. The van der Waals surface area contributed by atoms with Gasteiger partial charge in [-0.3, -0.25) is 9.59 Å². The first-order chi connectivity index (χ1) is 10.9. The third-order valence-corrected chi connectivity index (χ3v) is 3.83. The molecule has 0 radical (unpaired) electrons.